The molecule has 1 saturated carbocycles. The van der Waals surface area contributed by atoms with Gasteiger partial charge in [0, 0.05) is 35.8 Å². The molecule has 0 aromatic heterocycles. The van der Waals surface area contributed by atoms with E-state index < -0.39 is 0 Å². The highest BCUT2D eigenvalue weighted by Gasteiger charge is 2.44. The Morgan fingerprint density at radius 1 is 1.19 bits per heavy atom. The van der Waals surface area contributed by atoms with Crippen LogP contribution < -0.4 is 5.73 Å². The number of nitrogens with two attached hydrogens (primary N) is 1. The molecule has 4 nitrogen and oxygen atoms in total. The Balaban J connectivity index is 1.40. The van der Waals surface area contributed by atoms with E-state index in [0.29, 0.717) is 34.8 Å². The van der Waals surface area contributed by atoms with Gasteiger partial charge in [-0.3, -0.25) is 4.79 Å². The summed E-state index contributed by atoms with van der Waals surface area (Å²) in [7, 11) is 4.28. The average Bonchev–Trinajstić information content (AvgIpc) is 3.30. The average molecular weight is 384 g/mol. The third kappa shape index (κ3) is 3.56. The Hall–Kier alpha value is -2.04. The summed E-state index contributed by atoms with van der Waals surface area (Å²) in [6.45, 7) is 2.38. The van der Waals surface area contributed by atoms with Crippen molar-refractivity contribution in [3.05, 3.63) is 63.7 Å². The van der Waals surface area contributed by atoms with Crippen LogP contribution in [0.5, 0.6) is 0 Å². The van der Waals surface area contributed by atoms with Crippen LogP contribution in [0.1, 0.15) is 39.9 Å². The second kappa shape index (κ2) is 6.84. The number of carbonyl (C=O) groups is 1. The Kier molecular flexibility index (Phi) is 4.65. The van der Waals surface area contributed by atoms with Crippen LogP contribution in [0.15, 0.2) is 36.4 Å². The first kappa shape index (κ1) is 18.3. The highest BCUT2D eigenvalue weighted by molar-refractivity contribution is 6.31. The highest BCUT2D eigenvalue weighted by Crippen LogP contribution is 2.48. The van der Waals surface area contributed by atoms with E-state index in [-0.39, 0.29) is 5.91 Å². The molecular weight excluding hydrogens is 358 g/mol. The zero-order valence-corrected chi connectivity index (χ0v) is 16.7. The number of amides is 1. The number of nitrogens with zero attached hydrogens (tertiary/aromatic N) is 2. The molecule has 2 aromatic rings. The minimum absolute atomic E-state index is 0.0127. The number of fused-ring (bicyclic) bond motifs is 1. The number of anilines is 1. The van der Waals surface area contributed by atoms with Crippen LogP contribution in [0, 0.1) is 0 Å². The van der Waals surface area contributed by atoms with Gasteiger partial charge in [0.2, 0.25) is 0 Å². The molecule has 5 heteroatoms. The van der Waals surface area contributed by atoms with Gasteiger partial charge in [-0.1, -0.05) is 35.9 Å². The molecule has 2 aromatic carbocycles. The number of carbonyl (C=O) groups excluding carboxylic acids is 1. The number of rotatable bonds is 6. The van der Waals surface area contributed by atoms with Gasteiger partial charge in [-0.2, -0.15) is 0 Å². The Morgan fingerprint density at radius 2 is 1.89 bits per heavy atom. The van der Waals surface area contributed by atoms with Crippen LogP contribution in [0.2, 0.25) is 5.02 Å². The molecule has 1 amide bonds. The van der Waals surface area contributed by atoms with Gasteiger partial charge in [0.25, 0.3) is 5.91 Å². The molecule has 1 aliphatic carbocycles. The summed E-state index contributed by atoms with van der Waals surface area (Å²) in [6, 6.07) is 12.5. The van der Waals surface area contributed by atoms with E-state index in [1.165, 1.54) is 24.0 Å². The molecule has 2 N–H and O–H groups in total. The number of hydrogen-bond acceptors (Lipinski definition) is 3. The second-order valence-electron chi connectivity index (χ2n) is 8.22. The van der Waals surface area contributed by atoms with E-state index in [9.17, 15) is 4.79 Å². The van der Waals surface area contributed by atoms with Crippen molar-refractivity contribution in [3.63, 3.8) is 0 Å². The minimum Gasteiger partial charge on any atom is -0.398 e. The zero-order chi connectivity index (χ0) is 19.2. The van der Waals surface area contributed by atoms with Crippen LogP contribution in [-0.4, -0.2) is 42.9 Å². The van der Waals surface area contributed by atoms with Gasteiger partial charge in [-0.05, 0) is 62.2 Å². The fraction of sp³-hybridized carbons (Fsp3) is 0.409. The smallest absolute Gasteiger partial charge is 0.256 e. The van der Waals surface area contributed by atoms with Gasteiger partial charge in [0.05, 0.1) is 5.56 Å². The molecular formula is C22H26ClN3O. The normalized spacial score (nSPS) is 17.5. The van der Waals surface area contributed by atoms with Crippen molar-refractivity contribution in [2.45, 2.75) is 31.2 Å². The molecule has 0 saturated heterocycles. The number of hydrogen-bond donors (Lipinski definition) is 1. The van der Waals surface area contributed by atoms with Gasteiger partial charge < -0.3 is 15.5 Å². The van der Waals surface area contributed by atoms with Gasteiger partial charge in [-0.25, -0.2) is 0 Å². The predicted octanol–water partition coefficient (Wildman–Crippen LogP) is 3.71. The lowest BCUT2D eigenvalue weighted by Crippen LogP contribution is -2.27. The Labute approximate surface area is 165 Å². The Morgan fingerprint density at radius 3 is 2.52 bits per heavy atom. The number of nitrogen functional groups attached to an aromatic ring is 1. The van der Waals surface area contributed by atoms with E-state index in [0.717, 1.165) is 18.5 Å². The van der Waals surface area contributed by atoms with Crippen molar-refractivity contribution >= 4 is 23.2 Å². The SMILES string of the molecule is CN(C)CC1(c2ccc(CCN3Cc4cc(Cl)cc(N)c4C3=O)cc2)CC1. The molecule has 0 spiro atoms. The lowest BCUT2D eigenvalue weighted by atomic mass is 9.94. The molecule has 0 bridgehead atoms. The zero-order valence-electron chi connectivity index (χ0n) is 16.0. The topological polar surface area (TPSA) is 49.6 Å². The molecule has 0 unspecified atom stereocenters. The maximum Gasteiger partial charge on any atom is 0.256 e. The molecule has 2 aliphatic rings. The quantitative estimate of drug-likeness (QED) is 0.773. The van der Waals surface area contributed by atoms with Crippen molar-refractivity contribution in [2.24, 2.45) is 0 Å². The van der Waals surface area contributed by atoms with Gasteiger partial charge in [-0.15, -0.1) is 0 Å². The van der Waals surface area contributed by atoms with Crippen LogP contribution in [0.3, 0.4) is 0 Å². The molecule has 27 heavy (non-hydrogen) atoms. The van der Waals surface area contributed by atoms with Crippen molar-refractivity contribution in [1.82, 2.24) is 9.80 Å². The molecule has 0 radical (unpaired) electrons. The first-order valence-corrected chi connectivity index (χ1v) is 9.87. The van der Waals surface area contributed by atoms with Crippen LogP contribution in [-0.2, 0) is 18.4 Å². The monoisotopic (exact) mass is 383 g/mol. The van der Waals surface area contributed by atoms with Crippen LogP contribution >= 0.6 is 11.6 Å². The van der Waals surface area contributed by atoms with Crippen LogP contribution in [0.25, 0.3) is 0 Å². The summed E-state index contributed by atoms with van der Waals surface area (Å²) < 4.78 is 0. The van der Waals surface area contributed by atoms with Gasteiger partial charge >= 0.3 is 0 Å². The summed E-state index contributed by atoms with van der Waals surface area (Å²) in [4.78, 5) is 16.8. The van der Waals surface area contributed by atoms with E-state index in [1.54, 1.807) is 6.07 Å². The lowest BCUT2D eigenvalue weighted by Gasteiger charge is -2.21. The first-order chi connectivity index (χ1) is 12.9. The molecule has 1 fully saturated rings. The predicted molar refractivity (Wildman–Crippen MR) is 110 cm³/mol. The van der Waals surface area contributed by atoms with Crippen molar-refractivity contribution < 1.29 is 4.79 Å². The number of likely N-dealkylation sites (N-methyl/N-ethyl adjacent to an activating group) is 1. The van der Waals surface area contributed by atoms with Crippen molar-refractivity contribution in [2.75, 3.05) is 32.9 Å². The van der Waals surface area contributed by atoms with Crippen molar-refractivity contribution in [1.29, 1.82) is 0 Å². The maximum absolute atomic E-state index is 12.6. The fourth-order valence-electron chi connectivity index (χ4n) is 4.27. The van der Waals surface area contributed by atoms with Crippen LogP contribution in [0.4, 0.5) is 5.69 Å². The second-order valence-corrected chi connectivity index (χ2v) is 8.66. The van der Waals surface area contributed by atoms with E-state index in [4.69, 9.17) is 17.3 Å². The third-order valence-corrected chi connectivity index (χ3v) is 6.00. The largest absolute Gasteiger partial charge is 0.398 e. The molecule has 0 atom stereocenters. The number of benzene rings is 2. The maximum atomic E-state index is 12.6. The third-order valence-electron chi connectivity index (χ3n) is 5.79. The Bertz CT molecular complexity index is 872. The lowest BCUT2D eigenvalue weighted by molar-refractivity contribution is 0.0781. The van der Waals surface area contributed by atoms with Crippen molar-refractivity contribution in [3.8, 4) is 0 Å². The molecule has 1 heterocycles. The highest BCUT2D eigenvalue weighted by atomic mass is 35.5. The number of halogens is 1. The molecule has 4 rings (SSSR count). The van der Waals surface area contributed by atoms with Gasteiger partial charge in [0.15, 0.2) is 0 Å². The van der Waals surface area contributed by atoms with Gasteiger partial charge in [0.1, 0.15) is 0 Å². The first-order valence-electron chi connectivity index (χ1n) is 9.49. The summed E-state index contributed by atoms with van der Waals surface area (Å²) in [5, 5.41) is 0.586. The summed E-state index contributed by atoms with van der Waals surface area (Å²) in [6.07, 6.45) is 3.39. The molecule has 142 valence electrons. The summed E-state index contributed by atoms with van der Waals surface area (Å²) in [5.74, 6) is 0.0127. The van der Waals surface area contributed by atoms with E-state index in [2.05, 4.69) is 43.3 Å². The fourth-order valence-corrected chi connectivity index (χ4v) is 4.52. The summed E-state index contributed by atoms with van der Waals surface area (Å²) in [5.41, 5.74) is 11.1. The molecule has 1 aliphatic heterocycles. The summed E-state index contributed by atoms with van der Waals surface area (Å²) >= 11 is 6.07. The minimum atomic E-state index is 0.0127. The van der Waals surface area contributed by atoms with E-state index in [1.807, 2.05) is 11.0 Å². The van der Waals surface area contributed by atoms with E-state index >= 15 is 0 Å². The standard InChI is InChI=1S/C22H26ClN3O/c1-25(2)14-22(8-9-22)17-5-3-15(4-6-17)7-10-26-13-16-11-18(23)12-19(24)20(16)21(26)27/h3-6,11-12H,7-10,13-14,24H2,1-2H3.